The predicted octanol–water partition coefficient (Wildman–Crippen LogP) is 1.25. The first-order chi connectivity index (χ1) is 6.15. The van der Waals surface area contributed by atoms with Gasteiger partial charge >= 0.3 is 0 Å². The number of hydrogen-bond donors (Lipinski definition) is 0. The van der Waals surface area contributed by atoms with Crippen LogP contribution in [0.1, 0.15) is 17.4 Å². The Hall–Kier alpha value is -1.09. The largest absolute Gasteiger partial charge is 0.344 e. The molecule has 1 aromatic heterocycles. The summed E-state index contributed by atoms with van der Waals surface area (Å²) in [5.41, 5.74) is 0.744. The zero-order chi connectivity index (χ0) is 9.84. The molecule has 0 saturated carbocycles. The van der Waals surface area contributed by atoms with Crippen molar-refractivity contribution in [3.63, 3.8) is 0 Å². The molecule has 0 aliphatic heterocycles. The van der Waals surface area contributed by atoms with Crippen LogP contribution in [0.5, 0.6) is 0 Å². The Labute approximate surface area is 79.0 Å². The summed E-state index contributed by atoms with van der Waals surface area (Å²) in [6.07, 6.45) is 2.83. The molecule has 0 N–H and O–H groups in total. The van der Waals surface area contributed by atoms with Gasteiger partial charge in [-0.05, 0) is 33.2 Å². The molecule has 1 atom stereocenters. The molecular formula is C10H16N2O. The number of aldehydes is 1. The van der Waals surface area contributed by atoms with Crippen molar-refractivity contribution in [2.45, 2.75) is 19.5 Å². The molecule has 0 bridgehead atoms. The molecule has 0 fully saturated rings. The molecule has 0 aliphatic carbocycles. The van der Waals surface area contributed by atoms with Crippen molar-refractivity contribution in [2.24, 2.45) is 0 Å². The summed E-state index contributed by atoms with van der Waals surface area (Å²) in [6.45, 7) is 2.99. The lowest BCUT2D eigenvalue weighted by Gasteiger charge is -2.20. The van der Waals surface area contributed by atoms with Crippen molar-refractivity contribution in [1.82, 2.24) is 9.47 Å². The quantitative estimate of drug-likeness (QED) is 0.652. The topological polar surface area (TPSA) is 25.2 Å². The molecule has 3 heteroatoms. The van der Waals surface area contributed by atoms with Crippen molar-refractivity contribution in [3.05, 3.63) is 24.0 Å². The summed E-state index contributed by atoms with van der Waals surface area (Å²) in [6, 6.07) is 4.16. The van der Waals surface area contributed by atoms with Crippen LogP contribution >= 0.6 is 0 Å². The molecule has 3 nitrogen and oxygen atoms in total. The van der Waals surface area contributed by atoms with Crippen LogP contribution in [0, 0.1) is 0 Å². The average molecular weight is 180 g/mol. The number of carbonyl (C=O) groups excluding carboxylic acids is 1. The molecule has 72 valence electrons. The van der Waals surface area contributed by atoms with Gasteiger partial charge in [0, 0.05) is 18.8 Å². The predicted molar refractivity (Wildman–Crippen MR) is 53.0 cm³/mol. The second-order valence-corrected chi connectivity index (χ2v) is 3.52. The Bertz CT molecular complexity index is 278. The maximum Gasteiger partial charge on any atom is 0.166 e. The maximum absolute atomic E-state index is 10.6. The van der Waals surface area contributed by atoms with Crippen LogP contribution in [0.15, 0.2) is 18.3 Å². The standard InChI is InChI=1S/C10H16N2O/c1-9(11(2)3)7-12-6-4-5-10(12)8-13/h4-6,8-9H,7H2,1-3H3. The van der Waals surface area contributed by atoms with Crippen molar-refractivity contribution in [1.29, 1.82) is 0 Å². The van der Waals surface area contributed by atoms with Gasteiger partial charge < -0.3 is 9.47 Å². The summed E-state index contributed by atoms with van der Waals surface area (Å²) in [7, 11) is 4.07. The second kappa shape index (κ2) is 4.23. The van der Waals surface area contributed by atoms with Crippen molar-refractivity contribution in [2.75, 3.05) is 14.1 Å². The van der Waals surface area contributed by atoms with E-state index in [4.69, 9.17) is 0 Å². The van der Waals surface area contributed by atoms with E-state index in [2.05, 4.69) is 11.8 Å². The van der Waals surface area contributed by atoms with Crippen LogP contribution < -0.4 is 0 Å². The monoisotopic (exact) mass is 180 g/mol. The summed E-state index contributed by atoms with van der Waals surface area (Å²) >= 11 is 0. The minimum Gasteiger partial charge on any atom is -0.344 e. The summed E-state index contributed by atoms with van der Waals surface area (Å²) in [5, 5.41) is 0. The van der Waals surface area contributed by atoms with Crippen LogP contribution in [0.3, 0.4) is 0 Å². The smallest absolute Gasteiger partial charge is 0.166 e. The van der Waals surface area contributed by atoms with E-state index >= 15 is 0 Å². The van der Waals surface area contributed by atoms with E-state index in [0.717, 1.165) is 18.5 Å². The summed E-state index contributed by atoms with van der Waals surface area (Å²) < 4.78 is 1.97. The number of hydrogen-bond acceptors (Lipinski definition) is 2. The third kappa shape index (κ3) is 2.42. The van der Waals surface area contributed by atoms with Crippen LogP contribution in [0.2, 0.25) is 0 Å². The fraction of sp³-hybridized carbons (Fsp3) is 0.500. The van der Waals surface area contributed by atoms with E-state index < -0.39 is 0 Å². The van der Waals surface area contributed by atoms with Gasteiger partial charge in [-0.3, -0.25) is 4.79 Å². The van der Waals surface area contributed by atoms with Crippen LogP contribution in [-0.4, -0.2) is 35.9 Å². The van der Waals surface area contributed by atoms with Gasteiger partial charge in [-0.25, -0.2) is 0 Å². The molecule has 1 aromatic rings. The van der Waals surface area contributed by atoms with E-state index in [0.29, 0.717) is 6.04 Å². The minimum absolute atomic E-state index is 0.436. The van der Waals surface area contributed by atoms with Gasteiger partial charge in [0.2, 0.25) is 0 Å². The lowest BCUT2D eigenvalue weighted by Crippen LogP contribution is -2.29. The zero-order valence-electron chi connectivity index (χ0n) is 8.40. The second-order valence-electron chi connectivity index (χ2n) is 3.52. The highest BCUT2D eigenvalue weighted by Crippen LogP contribution is 2.03. The lowest BCUT2D eigenvalue weighted by atomic mass is 10.3. The molecular weight excluding hydrogens is 164 g/mol. The third-order valence-electron chi connectivity index (χ3n) is 2.33. The molecule has 1 unspecified atom stereocenters. The van der Waals surface area contributed by atoms with Crippen LogP contribution in [0.25, 0.3) is 0 Å². The number of nitrogens with zero attached hydrogens (tertiary/aromatic N) is 2. The Balaban J connectivity index is 2.68. The Kier molecular flexibility index (Phi) is 3.25. The lowest BCUT2D eigenvalue weighted by molar-refractivity contribution is 0.111. The van der Waals surface area contributed by atoms with Crippen molar-refractivity contribution in [3.8, 4) is 0 Å². The van der Waals surface area contributed by atoms with Crippen LogP contribution in [0.4, 0.5) is 0 Å². The summed E-state index contributed by atoms with van der Waals surface area (Å²) in [4.78, 5) is 12.7. The number of carbonyl (C=O) groups is 1. The van der Waals surface area contributed by atoms with Crippen LogP contribution in [-0.2, 0) is 6.54 Å². The highest BCUT2D eigenvalue weighted by Gasteiger charge is 2.06. The molecule has 0 saturated heterocycles. The van der Waals surface area contributed by atoms with E-state index in [-0.39, 0.29) is 0 Å². The zero-order valence-corrected chi connectivity index (χ0v) is 8.40. The molecule has 0 aromatic carbocycles. The van der Waals surface area contributed by atoms with E-state index in [9.17, 15) is 4.79 Å². The molecule has 1 rings (SSSR count). The van der Waals surface area contributed by atoms with E-state index in [1.807, 2.05) is 37.0 Å². The van der Waals surface area contributed by atoms with Gasteiger partial charge in [0.1, 0.15) is 0 Å². The van der Waals surface area contributed by atoms with E-state index in [1.54, 1.807) is 0 Å². The molecule has 13 heavy (non-hydrogen) atoms. The fourth-order valence-corrected chi connectivity index (χ4v) is 1.15. The number of rotatable bonds is 4. The number of aromatic nitrogens is 1. The number of likely N-dealkylation sites (N-methyl/N-ethyl adjacent to an activating group) is 1. The highest BCUT2D eigenvalue weighted by atomic mass is 16.1. The average Bonchev–Trinajstić information content (AvgIpc) is 2.51. The summed E-state index contributed by atoms with van der Waals surface area (Å²) in [5.74, 6) is 0. The first-order valence-corrected chi connectivity index (χ1v) is 4.42. The Morgan fingerprint density at radius 2 is 2.31 bits per heavy atom. The first-order valence-electron chi connectivity index (χ1n) is 4.42. The molecule has 0 aliphatic rings. The van der Waals surface area contributed by atoms with Gasteiger partial charge in [-0.15, -0.1) is 0 Å². The molecule has 0 radical (unpaired) electrons. The highest BCUT2D eigenvalue weighted by molar-refractivity contribution is 5.72. The van der Waals surface area contributed by atoms with Gasteiger partial charge in [0.05, 0.1) is 5.69 Å². The van der Waals surface area contributed by atoms with Crippen molar-refractivity contribution < 1.29 is 4.79 Å². The SMILES string of the molecule is CC(Cn1cccc1C=O)N(C)C. The molecule has 1 heterocycles. The van der Waals surface area contributed by atoms with Gasteiger partial charge in [0.25, 0.3) is 0 Å². The maximum atomic E-state index is 10.6. The minimum atomic E-state index is 0.436. The van der Waals surface area contributed by atoms with Crippen molar-refractivity contribution >= 4 is 6.29 Å². The van der Waals surface area contributed by atoms with E-state index in [1.165, 1.54) is 0 Å². The molecule has 0 spiro atoms. The fourth-order valence-electron chi connectivity index (χ4n) is 1.15. The normalized spacial score (nSPS) is 13.2. The van der Waals surface area contributed by atoms with Gasteiger partial charge in [0.15, 0.2) is 6.29 Å². The Morgan fingerprint density at radius 3 is 2.85 bits per heavy atom. The van der Waals surface area contributed by atoms with Gasteiger partial charge in [-0.1, -0.05) is 0 Å². The Morgan fingerprint density at radius 1 is 1.62 bits per heavy atom. The third-order valence-corrected chi connectivity index (χ3v) is 2.33. The first kappa shape index (κ1) is 9.99. The van der Waals surface area contributed by atoms with Gasteiger partial charge in [-0.2, -0.15) is 0 Å². The molecule has 0 amide bonds.